The van der Waals surface area contributed by atoms with Gasteiger partial charge in [-0.15, -0.1) is 0 Å². The van der Waals surface area contributed by atoms with E-state index in [0.717, 1.165) is 6.42 Å². The van der Waals surface area contributed by atoms with Gasteiger partial charge in [-0.3, -0.25) is 4.79 Å². The number of rotatable bonds is 2. The molecule has 0 aromatic carbocycles. The van der Waals surface area contributed by atoms with Gasteiger partial charge in [0.2, 0.25) is 0 Å². The van der Waals surface area contributed by atoms with Crippen LogP contribution < -0.4 is 0 Å². The maximum atomic E-state index is 12.2. The Morgan fingerprint density at radius 3 is 2.28 bits per heavy atom. The minimum Gasteiger partial charge on any atom is -0.481 e. The predicted octanol–water partition coefficient (Wildman–Crippen LogP) is 0.360. The first-order valence-corrected chi connectivity index (χ1v) is 6.50. The number of aliphatic carboxylic acids is 1. The highest BCUT2D eigenvalue weighted by Crippen LogP contribution is 2.22. The number of aliphatic hydroxyl groups excluding tert-OH is 1. The Balaban J connectivity index is 1.82. The molecule has 0 aromatic rings. The molecule has 102 valence electrons. The Hall–Kier alpha value is -1.30. The quantitative estimate of drug-likeness (QED) is 0.747. The molecule has 0 aromatic heterocycles. The number of amides is 2. The van der Waals surface area contributed by atoms with Gasteiger partial charge in [-0.2, -0.15) is 0 Å². The van der Waals surface area contributed by atoms with Crippen LogP contribution >= 0.6 is 0 Å². The number of hydrogen-bond donors (Lipinski definition) is 2. The van der Waals surface area contributed by atoms with E-state index in [2.05, 4.69) is 0 Å². The Morgan fingerprint density at radius 1 is 1.06 bits per heavy atom. The smallest absolute Gasteiger partial charge is 0.320 e. The first-order chi connectivity index (χ1) is 8.56. The molecule has 6 heteroatoms. The number of carboxylic acids is 1. The number of carboxylic acid groups (broad SMARTS) is 1. The van der Waals surface area contributed by atoms with Crippen LogP contribution in [-0.2, 0) is 4.79 Å². The van der Waals surface area contributed by atoms with Crippen molar-refractivity contribution in [2.45, 2.75) is 31.8 Å². The highest BCUT2D eigenvalue weighted by atomic mass is 16.4. The van der Waals surface area contributed by atoms with Gasteiger partial charge in [0, 0.05) is 32.6 Å². The van der Waals surface area contributed by atoms with Crippen molar-refractivity contribution < 1.29 is 19.8 Å². The van der Waals surface area contributed by atoms with Gasteiger partial charge < -0.3 is 20.0 Å². The summed E-state index contributed by atoms with van der Waals surface area (Å²) >= 11 is 0. The molecule has 0 radical (unpaired) electrons. The van der Waals surface area contributed by atoms with Gasteiger partial charge in [0.1, 0.15) is 0 Å². The summed E-state index contributed by atoms with van der Waals surface area (Å²) in [5.74, 6) is -0.711. The molecular weight excluding hydrogens is 236 g/mol. The topological polar surface area (TPSA) is 81.1 Å². The van der Waals surface area contributed by atoms with E-state index in [0.29, 0.717) is 39.0 Å². The summed E-state index contributed by atoms with van der Waals surface area (Å²) < 4.78 is 0. The first kappa shape index (κ1) is 13.1. The van der Waals surface area contributed by atoms with Crippen LogP contribution in [0.4, 0.5) is 4.79 Å². The summed E-state index contributed by atoms with van der Waals surface area (Å²) in [7, 11) is 0. The standard InChI is InChI=1S/C12H20N2O4/c15-10-2-5-13(6-3-10)12(18)14-4-1-9(8-14)7-11(16)17/h9-10,15H,1-8H2,(H,16,17). The summed E-state index contributed by atoms with van der Waals surface area (Å²) in [6, 6.07) is -0.00483. The average molecular weight is 256 g/mol. The van der Waals surface area contributed by atoms with E-state index in [-0.39, 0.29) is 24.5 Å². The van der Waals surface area contributed by atoms with Gasteiger partial charge in [-0.1, -0.05) is 0 Å². The minimum atomic E-state index is -0.796. The number of likely N-dealkylation sites (tertiary alicyclic amines) is 2. The van der Waals surface area contributed by atoms with E-state index in [4.69, 9.17) is 5.11 Å². The molecule has 0 saturated carbocycles. The molecule has 1 atom stereocenters. The van der Waals surface area contributed by atoms with E-state index in [1.165, 1.54) is 0 Å². The van der Waals surface area contributed by atoms with Crippen LogP contribution in [0.1, 0.15) is 25.7 Å². The van der Waals surface area contributed by atoms with Crippen molar-refractivity contribution in [1.82, 2.24) is 9.80 Å². The summed E-state index contributed by atoms with van der Waals surface area (Å²) in [5.41, 5.74) is 0. The van der Waals surface area contributed by atoms with Crippen LogP contribution in [0.25, 0.3) is 0 Å². The predicted molar refractivity (Wildman–Crippen MR) is 64.1 cm³/mol. The van der Waals surface area contributed by atoms with Gasteiger partial charge in [0.15, 0.2) is 0 Å². The molecule has 2 aliphatic rings. The second-order valence-electron chi connectivity index (χ2n) is 5.20. The number of urea groups is 1. The Kier molecular flexibility index (Phi) is 4.06. The van der Waals surface area contributed by atoms with Crippen LogP contribution in [0.5, 0.6) is 0 Å². The Bertz CT molecular complexity index is 326. The summed E-state index contributed by atoms with van der Waals surface area (Å²) in [5, 5.41) is 18.1. The van der Waals surface area contributed by atoms with E-state index >= 15 is 0 Å². The SMILES string of the molecule is O=C(O)CC1CCN(C(=O)N2CCC(O)CC2)C1. The molecule has 0 bridgehead atoms. The zero-order valence-electron chi connectivity index (χ0n) is 10.4. The number of carbonyl (C=O) groups is 2. The Labute approximate surface area is 106 Å². The van der Waals surface area contributed by atoms with Crippen molar-refractivity contribution in [3.8, 4) is 0 Å². The minimum absolute atomic E-state index is 0.00483. The lowest BCUT2D eigenvalue weighted by atomic mass is 10.1. The second-order valence-corrected chi connectivity index (χ2v) is 5.20. The van der Waals surface area contributed by atoms with E-state index in [9.17, 15) is 14.7 Å². The Morgan fingerprint density at radius 2 is 1.67 bits per heavy atom. The molecule has 2 N–H and O–H groups in total. The van der Waals surface area contributed by atoms with E-state index in [1.807, 2.05) is 0 Å². The first-order valence-electron chi connectivity index (χ1n) is 6.50. The van der Waals surface area contributed by atoms with Crippen LogP contribution in [0.3, 0.4) is 0 Å². The largest absolute Gasteiger partial charge is 0.481 e. The van der Waals surface area contributed by atoms with Crippen LogP contribution in [0.2, 0.25) is 0 Å². The lowest BCUT2D eigenvalue weighted by Gasteiger charge is -2.32. The third-order valence-corrected chi connectivity index (χ3v) is 3.75. The fourth-order valence-electron chi connectivity index (χ4n) is 2.68. The van der Waals surface area contributed by atoms with Crippen molar-refractivity contribution in [2.75, 3.05) is 26.2 Å². The van der Waals surface area contributed by atoms with Crippen molar-refractivity contribution in [3.05, 3.63) is 0 Å². The molecule has 2 heterocycles. The molecule has 18 heavy (non-hydrogen) atoms. The lowest BCUT2D eigenvalue weighted by Crippen LogP contribution is -2.46. The highest BCUT2D eigenvalue weighted by Gasteiger charge is 2.31. The number of carbonyl (C=O) groups excluding carboxylic acids is 1. The normalized spacial score (nSPS) is 25.5. The van der Waals surface area contributed by atoms with Crippen molar-refractivity contribution in [3.63, 3.8) is 0 Å². The fourth-order valence-corrected chi connectivity index (χ4v) is 2.68. The molecular formula is C12H20N2O4. The monoisotopic (exact) mass is 256 g/mol. The van der Waals surface area contributed by atoms with Gasteiger partial charge in [-0.25, -0.2) is 4.79 Å². The maximum Gasteiger partial charge on any atom is 0.320 e. The van der Waals surface area contributed by atoms with Gasteiger partial charge in [-0.05, 0) is 25.2 Å². The second kappa shape index (κ2) is 5.56. The number of hydrogen-bond acceptors (Lipinski definition) is 3. The summed E-state index contributed by atoms with van der Waals surface area (Å²) in [6.45, 7) is 2.39. The van der Waals surface area contributed by atoms with Gasteiger partial charge >= 0.3 is 12.0 Å². The molecule has 2 fully saturated rings. The molecule has 0 aliphatic carbocycles. The number of piperidine rings is 1. The van der Waals surface area contributed by atoms with Crippen molar-refractivity contribution >= 4 is 12.0 Å². The van der Waals surface area contributed by atoms with E-state index in [1.54, 1.807) is 9.80 Å². The molecule has 0 spiro atoms. The average Bonchev–Trinajstić information content (AvgIpc) is 2.76. The number of aliphatic hydroxyl groups is 1. The molecule has 2 saturated heterocycles. The van der Waals surface area contributed by atoms with Gasteiger partial charge in [0.25, 0.3) is 0 Å². The third-order valence-electron chi connectivity index (χ3n) is 3.75. The molecule has 1 unspecified atom stereocenters. The summed E-state index contributed by atoms with van der Waals surface area (Å²) in [4.78, 5) is 26.3. The molecule has 6 nitrogen and oxygen atoms in total. The van der Waals surface area contributed by atoms with Crippen LogP contribution in [0, 0.1) is 5.92 Å². The molecule has 2 aliphatic heterocycles. The van der Waals surface area contributed by atoms with Crippen LogP contribution in [0.15, 0.2) is 0 Å². The molecule has 2 rings (SSSR count). The van der Waals surface area contributed by atoms with Crippen molar-refractivity contribution in [1.29, 1.82) is 0 Å². The van der Waals surface area contributed by atoms with Gasteiger partial charge in [0.05, 0.1) is 6.10 Å². The zero-order chi connectivity index (χ0) is 13.1. The maximum absolute atomic E-state index is 12.2. The zero-order valence-corrected chi connectivity index (χ0v) is 10.4. The van der Waals surface area contributed by atoms with Crippen molar-refractivity contribution in [2.24, 2.45) is 5.92 Å². The molecule has 2 amide bonds. The highest BCUT2D eigenvalue weighted by molar-refractivity contribution is 5.75. The van der Waals surface area contributed by atoms with E-state index < -0.39 is 5.97 Å². The summed E-state index contributed by atoms with van der Waals surface area (Å²) in [6.07, 6.45) is 1.90. The van der Waals surface area contributed by atoms with Crippen LogP contribution in [-0.4, -0.2) is 64.3 Å². The lowest BCUT2D eigenvalue weighted by molar-refractivity contribution is -0.138. The fraction of sp³-hybridized carbons (Fsp3) is 0.833. The number of nitrogens with zero attached hydrogens (tertiary/aromatic N) is 2. The third kappa shape index (κ3) is 3.13.